The summed E-state index contributed by atoms with van der Waals surface area (Å²) in [5.74, 6) is 0.783. The van der Waals surface area contributed by atoms with Gasteiger partial charge in [0.2, 0.25) is 0 Å². The molecule has 0 radical (unpaired) electrons. The Labute approximate surface area is 108 Å². The predicted molar refractivity (Wildman–Crippen MR) is 71.1 cm³/mol. The van der Waals surface area contributed by atoms with Crippen LogP contribution in [0.4, 0.5) is 0 Å². The van der Waals surface area contributed by atoms with Crippen molar-refractivity contribution in [1.82, 2.24) is 14.8 Å². The third kappa shape index (κ3) is 3.46. The molecule has 1 aromatic heterocycles. The van der Waals surface area contributed by atoms with Crippen LogP contribution in [0.15, 0.2) is 14.7 Å². The average Bonchev–Trinajstić information content (AvgIpc) is 2.25. The van der Waals surface area contributed by atoms with Gasteiger partial charge in [-0.1, -0.05) is 25.6 Å². The zero-order chi connectivity index (χ0) is 13.9. The minimum atomic E-state index is -0.790. The van der Waals surface area contributed by atoms with Gasteiger partial charge in [0.15, 0.2) is 5.16 Å². The van der Waals surface area contributed by atoms with Crippen LogP contribution >= 0.6 is 11.8 Å². The van der Waals surface area contributed by atoms with Crippen LogP contribution in [0.5, 0.6) is 0 Å². The average molecular weight is 271 g/mol. The molecule has 0 spiro atoms. The second-order valence-corrected chi connectivity index (χ2v) is 5.66. The van der Waals surface area contributed by atoms with Gasteiger partial charge in [0.25, 0.3) is 0 Å². The molecule has 7 nitrogen and oxygen atoms in total. The molecule has 0 bridgehead atoms. The molecule has 0 aliphatic rings. The van der Waals surface area contributed by atoms with Crippen molar-refractivity contribution in [3.8, 4) is 0 Å². The van der Waals surface area contributed by atoms with Crippen LogP contribution in [-0.2, 0) is 7.05 Å². The maximum atomic E-state index is 11.1. The molecule has 0 atom stereocenters. The van der Waals surface area contributed by atoms with E-state index in [1.807, 2.05) is 13.8 Å². The smallest absolute Gasteiger partial charge is 0.339 e. The number of hydrogen-bond donors (Lipinski definition) is 3. The van der Waals surface area contributed by atoms with E-state index >= 15 is 0 Å². The zero-order valence-electron chi connectivity index (χ0n) is 10.6. The SMILES string of the molecule is Cn1[nH]c(=O)c(=O)nc1SCCC(C)(C)C(=N)N. The Balaban J connectivity index is 2.71. The highest BCUT2D eigenvalue weighted by Crippen LogP contribution is 2.24. The molecule has 0 aromatic carbocycles. The summed E-state index contributed by atoms with van der Waals surface area (Å²) >= 11 is 1.34. The van der Waals surface area contributed by atoms with Gasteiger partial charge in [-0.15, -0.1) is 0 Å². The van der Waals surface area contributed by atoms with Crippen LogP contribution in [0.1, 0.15) is 20.3 Å². The number of aromatic nitrogens is 3. The summed E-state index contributed by atoms with van der Waals surface area (Å²) in [7, 11) is 1.62. The van der Waals surface area contributed by atoms with Gasteiger partial charge in [-0.2, -0.15) is 4.98 Å². The van der Waals surface area contributed by atoms with Crippen LogP contribution < -0.4 is 16.9 Å². The van der Waals surface area contributed by atoms with Crippen LogP contribution in [0, 0.1) is 10.8 Å². The predicted octanol–water partition coefficient (Wildman–Crippen LogP) is -0.0870. The van der Waals surface area contributed by atoms with E-state index in [1.54, 1.807) is 7.05 Å². The van der Waals surface area contributed by atoms with Crippen molar-refractivity contribution in [1.29, 1.82) is 5.41 Å². The second-order valence-electron chi connectivity index (χ2n) is 4.60. The number of H-pyrrole nitrogens is 1. The molecule has 0 unspecified atom stereocenters. The van der Waals surface area contributed by atoms with E-state index in [4.69, 9.17) is 11.1 Å². The maximum Gasteiger partial charge on any atom is 0.339 e. The highest BCUT2D eigenvalue weighted by Gasteiger charge is 2.21. The molecule has 1 heterocycles. The van der Waals surface area contributed by atoms with E-state index < -0.39 is 11.1 Å². The third-order valence-corrected chi connectivity index (χ3v) is 3.67. The summed E-state index contributed by atoms with van der Waals surface area (Å²) in [6, 6.07) is 0. The van der Waals surface area contributed by atoms with E-state index in [9.17, 15) is 9.59 Å². The summed E-state index contributed by atoms with van der Waals surface area (Å²) in [5.41, 5.74) is 3.58. The number of amidine groups is 1. The van der Waals surface area contributed by atoms with Crippen molar-refractivity contribution in [2.75, 3.05) is 5.75 Å². The van der Waals surface area contributed by atoms with Gasteiger partial charge in [-0.25, -0.2) is 0 Å². The molecule has 0 aliphatic carbocycles. The monoisotopic (exact) mass is 271 g/mol. The van der Waals surface area contributed by atoms with Crippen molar-refractivity contribution < 1.29 is 0 Å². The first-order valence-electron chi connectivity index (χ1n) is 5.38. The van der Waals surface area contributed by atoms with Gasteiger partial charge in [-0.05, 0) is 6.42 Å². The molecule has 1 rings (SSSR count). The van der Waals surface area contributed by atoms with E-state index in [-0.39, 0.29) is 11.3 Å². The summed E-state index contributed by atoms with van der Waals surface area (Å²) in [4.78, 5) is 25.8. The quantitative estimate of drug-likeness (QED) is 0.299. The number of nitrogens with zero attached hydrogens (tertiary/aromatic N) is 2. The van der Waals surface area contributed by atoms with Gasteiger partial charge in [0.1, 0.15) is 0 Å². The van der Waals surface area contributed by atoms with Crippen molar-refractivity contribution in [2.24, 2.45) is 18.2 Å². The minimum absolute atomic E-state index is 0.131. The minimum Gasteiger partial charge on any atom is -0.387 e. The number of thioether (sulfide) groups is 1. The third-order valence-electron chi connectivity index (χ3n) is 2.63. The zero-order valence-corrected chi connectivity index (χ0v) is 11.4. The first-order valence-corrected chi connectivity index (χ1v) is 6.37. The molecule has 100 valence electrons. The lowest BCUT2D eigenvalue weighted by Gasteiger charge is -2.22. The van der Waals surface area contributed by atoms with Crippen LogP contribution in [-0.4, -0.2) is 26.4 Å². The maximum absolute atomic E-state index is 11.1. The van der Waals surface area contributed by atoms with Crippen molar-refractivity contribution in [2.45, 2.75) is 25.4 Å². The lowest BCUT2D eigenvalue weighted by atomic mass is 9.89. The fourth-order valence-corrected chi connectivity index (χ4v) is 2.30. The molecule has 18 heavy (non-hydrogen) atoms. The Morgan fingerprint density at radius 2 is 2.17 bits per heavy atom. The Bertz CT molecular complexity index is 560. The summed E-state index contributed by atoms with van der Waals surface area (Å²) in [6.45, 7) is 3.77. The normalized spacial score (nSPS) is 11.5. The standard InChI is InChI=1S/C10H17N5O2S/c1-10(2,8(11)12)4-5-18-9-13-6(16)7(17)14-15(9)3/h4-5H2,1-3H3,(H3,11,12)(H,14,17). The summed E-state index contributed by atoms with van der Waals surface area (Å²) in [6.07, 6.45) is 0.683. The molecule has 0 fully saturated rings. The number of rotatable bonds is 5. The molecule has 8 heteroatoms. The summed E-state index contributed by atoms with van der Waals surface area (Å²) in [5, 5.41) is 10.3. The Kier molecular flexibility index (Phi) is 4.33. The molecule has 0 aliphatic heterocycles. The van der Waals surface area contributed by atoms with Crippen molar-refractivity contribution >= 4 is 17.6 Å². The number of aromatic amines is 1. The van der Waals surface area contributed by atoms with E-state index in [0.717, 1.165) is 0 Å². The van der Waals surface area contributed by atoms with Crippen LogP contribution in [0.3, 0.4) is 0 Å². The molecule has 0 amide bonds. The number of aryl methyl sites for hydroxylation is 1. The first kappa shape index (κ1) is 14.5. The molecule has 0 saturated heterocycles. The van der Waals surface area contributed by atoms with E-state index in [2.05, 4.69) is 10.1 Å². The molecule has 1 aromatic rings. The topological polar surface area (TPSA) is 118 Å². The molecule has 0 saturated carbocycles. The van der Waals surface area contributed by atoms with Gasteiger partial charge >= 0.3 is 11.1 Å². The van der Waals surface area contributed by atoms with Gasteiger partial charge < -0.3 is 5.73 Å². The van der Waals surface area contributed by atoms with Gasteiger partial charge in [0.05, 0.1) is 5.84 Å². The lowest BCUT2D eigenvalue weighted by molar-refractivity contribution is 0.499. The molecule has 4 N–H and O–H groups in total. The van der Waals surface area contributed by atoms with E-state index in [1.165, 1.54) is 16.4 Å². The largest absolute Gasteiger partial charge is 0.387 e. The van der Waals surface area contributed by atoms with Gasteiger partial charge in [-0.3, -0.25) is 24.8 Å². The lowest BCUT2D eigenvalue weighted by Crippen LogP contribution is -2.34. The molecular weight excluding hydrogens is 254 g/mol. The molecular formula is C10H17N5O2S. The van der Waals surface area contributed by atoms with Crippen molar-refractivity contribution in [3.05, 3.63) is 20.7 Å². The number of nitrogens with one attached hydrogen (secondary N) is 2. The van der Waals surface area contributed by atoms with Crippen LogP contribution in [0.25, 0.3) is 0 Å². The second kappa shape index (κ2) is 5.38. The van der Waals surface area contributed by atoms with Gasteiger partial charge in [0, 0.05) is 18.2 Å². The fourth-order valence-electron chi connectivity index (χ4n) is 1.12. The summed E-state index contributed by atoms with van der Waals surface area (Å²) < 4.78 is 1.41. The first-order chi connectivity index (χ1) is 8.24. The Hall–Kier alpha value is -1.57. The number of nitrogens with two attached hydrogens (primary N) is 1. The fraction of sp³-hybridized carbons (Fsp3) is 0.600. The Morgan fingerprint density at radius 3 is 2.72 bits per heavy atom. The van der Waals surface area contributed by atoms with E-state index in [0.29, 0.717) is 17.3 Å². The number of hydrogen-bond acceptors (Lipinski definition) is 5. The Morgan fingerprint density at radius 1 is 1.56 bits per heavy atom. The van der Waals surface area contributed by atoms with Crippen molar-refractivity contribution in [3.63, 3.8) is 0 Å². The highest BCUT2D eigenvalue weighted by molar-refractivity contribution is 7.99. The van der Waals surface area contributed by atoms with Crippen LogP contribution in [0.2, 0.25) is 0 Å². The highest BCUT2D eigenvalue weighted by atomic mass is 32.2.